The van der Waals surface area contributed by atoms with Gasteiger partial charge in [0.15, 0.2) is 0 Å². The molecule has 3 heteroatoms. The van der Waals surface area contributed by atoms with Crippen molar-refractivity contribution in [2.75, 3.05) is 18.9 Å². The van der Waals surface area contributed by atoms with Gasteiger partial charge in [0.05, 0.1) is 6.61 Å². The second-order valence-corrected chi connectivity index (χ2v) is 5.28. The molecule has 1 aliphatic heterocycles. The number of hydrogen-bond donors (Lipinski definition) is 2. The SMILES string of the molecule is Nc1ccc2c(c1)CC(CNC1CCC1)CO2. The van der Waals surface area contributed by atoms with Gasteiger partial charge in [0.25, 0.3) is 0 Å². The number of nitrogen functional groups attached to an aromatic ring is 1. The molecule has 1 fully saturated rings. The number of ether oxygens (including phenoxy) is 1. The highest BCUT2D eigenvalue weighted by atomic mass is 16.5. The minimum absolute atomic E-state index is 0.588. The third-order valence-electron chi connectivity index (χ3n) is 3.87. The van der Waals surface area contributed by atoms with Gasteiger partial charge in [-0.3, -0.25) is 0 Å². The summed E-state index contributed by atoms with van der Waals surface area (Å²) in [6.45, 7) is 1.90. The number of nitrogens with one attached hydrogen (secondary N) is 1. The first-order valence-electron chi connectivity index (χ1n) is 6.56. The highest BCUT2D eigenvalue weighted by Crippen LogP contribution is 2.29. The van der Waals surface area contributed by atoms with Crippen LogP contribution in [0.3, 0.4) is 0 Å². The van der Waals surface area contributed by atoms with Crippen LogP contribution in [0.25, 0.3) is 0 Å². The van der Waals surface area contributed by atoms with E-state index in [4.69, 9.17) is 10.5 Å². The molecular weight excluding hydrogens is 212 g/mol. The molecule has 1 aromatic carbocycles. The Hall–Kier alpha value is -1.22. The predicted molar refractivity (Wildman–Crippen MR) is 69.2 cm³/mol. The molecular formula is C14H20N2O. The van der Waals surface area contributed by atoms with Crippen LogP contribution in [-0.2, 0) is 6.42 Å². The van der Waals surface area contributed by atoms with Crippen molar-refractivity contribution in [1.29, 1.82) is 0 Å². The van der Waals surface area contributed by atoms with Gasteiger partial charge in [0, 0.05) is 24.2 Å². The normalized spacial score (nSPS) is 23.6. The number of anilines is 1. The van der Waals surface area contributed by atoms with Crippen LogP contribution in [0, 0.1) is 5.92 Å². The summed E-state index contributed by atoms with van der Waals surface area (Å²) in [6, 6.07) is 6.70. The van der Waals surface area contributed by atoms with Crippen LogP contribution in [0.15, 0.2) is 18.2 Å². The Labute approximate surface area is 102 Å². The fourth-order valence-corrected chi connectivity index (χ4v) is 2.55. The van der Waals surface area contributed by atoms with Crippen LogP contribution in [0.5, 0.6) is 5.75 Å². The van der Waals surface area contributed by atoms with E-state index in [1.165, 1.54) is 24.8 Å². The van der Waals surface area contributed by atoms with E-state index in [1.807, 2.05) is 18.2 Å². The zero-order valence-electron chi connectivity index (χ0n) is 10.1. The second kappa shape index (κ2) is 4.57. The van der Waals surface area contributed by atoms with E-state index in [1.54, 1.807) is 0 Å². The minimum atomic E-state index is 0.588. The van der Waals surface area contributed by atoms with Gasteiger partial charge in [-0.15, -0.1) is 0 Å². The smallest absolute Gasteiger partial charge is 0.122 e. The third-order valence-corrected chi connectivity index (χ3v) is 3.87. The summed E-state index contributed by atoms with van der Waals surface area (Å²) in [4.78, 5) is 0. The van der Waals surface area contributed by atoms with Crippen molar-refractivity contribution in [2.24, 2.45) is 5.92 Å². The molecule has 3 rings (SSSR count). The summed E-state index contributed by atoms with van der Waals surface area (Å²) >= 11 is 0. The maximum atomic E-state index is 5.81. The number of fused-ring (bicyclic) bond motifs is 1. The average molecular weight is 232 g/mol. The van der Waals surface area contributed by atoms with Crippen LogP contribution in [0.2, 0.25) is 0 Å². The van der Waals surface area contributed by atoms with Crippen LogP contribution >= 0.6 is 0 Å². The molecule has 3 N–H and O–H groups in total. The molecule has 0 radical (unpaired) electrons. The zero-order valence-corrected chi connectivity index (χ0v) is 10.1. The fourth-order valence-electron chi connectivity index (χ4n) is 2.55. The van der Waals surface area contributed by atoms with Crippen molar-refractivity contribution in [2.45, 2.75) is 31.7 Å². The lowest BCUT2D eigenvalue weighted by Gasteiger charge is -2.31. The number of hydrogen-bond acceptors (Lipinski definition) is 3. The molecule has 1 atom stereocenters. The zero-order chi connectivity index (χ0) is 11.7. The van der Waals surface area contributed by atoms with Crippen molar-refractivity contribution >= 4 is 5.69 Å². The fraction of sp³-hybridized carbons (Fsp3) is 0.571. The molecule has 0 spiro atoms. The number of benzene rings is 1. The van der Waals surface area contributed by atoms with Gasteiger partial charge in [0.2, 0.25) is 0 Å². The van der Waals surface area contributed by atoms with Crippen molar-refractivity contribution in [3.63, 3.8) is 0 Å². The van der Waals surface area contributed by atoms with Gasteiger partial charge in [-0.25, -0.2) is 0 Å². The van der Waals surface area contributed by atoms with E-state index in [2.05, 4.69) is 5.32 Å². The highest BCUT2D eigenvalue weighted by molar-refractivity contribution is 5.48. The Balaban J connectivity index is 1.59. The summed E-state index contributed by atoms with van der Waals surface area (Å²) in [5, 5.41) is 3.62. The highest BCUT2D eigenvalue weighted by Gasteiger charge is 2.22. The van der Waals surface area contributed by atoms with Crippen molar-refractivity contribution < 1.29 is 4.74 Å². The molecule has 0 amide bonds. The third kappa shape index (κ3) is 2.39. The first kappa shape index (κ1) is 10.9. The van der Waals surface area contributed by atoms with E-state index in [0.717, 1.165) is 37.1 Å². The Morgan fingerprint density at radius 2 is 2.24 bits per heavy atom. The van der Waals surface area contributed by atoms with Crippen LogP contribution in [-0.4, -0.2) is 19.2 Å². The first-order chi connectivity index (χ1) is 8.31. The van der Waals surface area contributed by atoms with Gasteiger partial charge < -0.3 is 15.8 Å². The Morgan fingerprint density at radius 1 is 1.35 bits per heavy atom. The van der Waals surface area contributed by atoms with E-state index >= 15 is 0 Å². The standard InChI is InChI=1S/C14H20N2O/c15-12-4-5-14-11(7-12)6-10(9-17-14)8-16-13-2-1-3-13/h4-5,7,10,13,16H,1-3,6,8-9,15H2. The van der Waals surface area contributed by atoms with Crippen molar-refractivity contribution in [1.82, 2.24) is 5.32 Å². The molecule has 92 valence electrons. The molecule has 2 aliphatic rings. The maximum absolute atomic E-state index is 5.81. The molecule has 0 aromatic heterocycles. The molecule has 1 aliphatic carbocycles. The monoisotopic (exact) mass is 232 g/mol. The summed E-state index contributed by atoms with van der Waals surface area (Å²) in [7, 11) is 0. The lowest BCUT2D eigenvalue weighted by Crippen LogP contribution is -2.40. The van der Waals surface area contributed by atoms with Gasteiger partial charge in [0.1, 0.15) is 5.75 Å². The Morgan fingerprint density at radius 3 is 3.00 bits per heavy atom. The van der Waals surface area contributed by atoms with E-state index < -0.39 is 0 Å². The Bertz CT molecular complexity index is 401. The van der Waals surface area contributed by atoms with E-state index in [-0.39, 0.29) is 0 Å². The molecule has 17 heavy (non-hydrogen) atoms. The quantitative estimate of drug-likeness (QED) is 0.783. The maximum Gasteiger partial charge on any atom is 0.122 e. The summed E-state index contributed by atoms with van der Waals surface area (Å²) < 4.78 is 5.78. The lowest BCUT2D eigenvalue weighted by molar-refractivity contribution is 0.205. The van der Waals surface area contributed by atoms with Crippen molar-refractivity contribution in [3.8, 4) is 5.75 Å². The molecule has 0 saturated heterocycles. The van der Waals surface area contributed by atoms with Gasteiger partial charge in [-0.1, -0.05) is 6.42 Å². The molecule has 1 aromatic rings. The Kier molecular flexibility index (Phi) is 2.93. The van der Waals surface area contributed by atoms with Crippen LogP contribution < -0.4 is 15.8 Å². The van der Waals surface area contributed by atoms with E-state index in [0.29, 0.717) is 5.92 Å². The van der Waals surface area contributed by atoms with Crippen LogP contribution in [0.4, 0.5) is 5.69 Å². The summed E-state index contributed by atoms with van der Waals surface area (Å²) in [6.07, 6.45) is 5.16. The lowest BCUT2D eigenvalue weighted by atomic mass is 9.91. The van der Waals surface area contributed by atoms with Crippen LogP contribution in [0.1, 0.15) is 24.8 Å². The topological polar surface area (TPSA) is 47.3 Å². The average Bonchev–Trinajstić information content (AvgIpc) is 2.26. The van der Waals surface area contributed by atoms with Gasteiger partial charge >= 0.3 is 0 Å². The summed E-state index contributed by atoms with van der Waals surface area (Å²) in [5.74, 6) is 1.60. The first-order valence-corrected chi connectivity index (χ1v) is 6.56. The molecule has 3 nitrogen and oxygen atoms in total. The molecule has 0 bridgehead atoms. The molecule has 1 heterocycles. The number of nitrogens with two attached hydrogens (primary N) is 1. The summed E-state index contributed by atoms with van der Waals surface area (Å²) in [5.41, 5.74) is 7.90. The van der Waals surface area contributed by atoms with Gasteiger partial charge in [-0.2, -0.15) is 0 Å². The number of rotatable bonds is 3. The second-order valence-electron chi connectivity index (χ2n) is 5.28. The predicted octanol–water partition coefficient (Wildman–Crippen LogP) is 1.96. The minimum Gasteiger partial charge on any atom is -0.493 e. The van der Waals surface area contributed by atoms with Gasteiger partial charge in [-0.05, 0) is 43.0 Å². The molecule has 1 saturated carbocycles. The van der Waals surface area contributed by atoms with E-state index in [9.17, 15) is 0 Å². The largest absolute Gasteiger partial charge is 0.493 e. The van der Waals surface area contributed by atoms with Crippen molar-refractivity contribution in [3.05, 3.63) is 23.8 Å². The molecule has 1 unspecified atom stereocenters.